The summed E-state index contributed by atoms with van der Waals surface area (Å²) >= 11 is 3.80. The summed E-state index contributed by atoms with van der Waals surface area (Å²) in [4.78, 5) is 16.9. The van der Waals surface area contributed by atoms with Crippen LogP contribution >= 0.6 is 23.5 Å². The molecule has 0 bridgehead atoms. The molecule has 4 aliphatic heterocycles. The molecule has 0 aromatic heterocycles. The van der Waals surface area contributed by atoms with E-state index in [2.05, 4.69) is 32.0 Å². The number of aryl methyl sites for hydroxylation is 4. The molecule has 54 heavy (non-hydrogen) atoms. The zero-order chi connectivity index (χ0) is 37.6. The van der Waals surface area contributed by atoms with E-state index >= 15 is 0 Å². The molecule has 8 aliphatic rings. The van der Waals surface area contributed by atoms with Gasteiger partial charge >= 0.3 is 6.03 Å². The lowest BCUT2D eigenvalue weighted by molar-refractivity contribution is 0.141. The lowest BCUT2D eigenvalue weighted by Crippen LogP contribution is -2.63. The Morgan fingerprint density at radius 3 is 1.54 bits per heavy atom. The zero-order valence-electron chi connectivity index (χ0n) is 30.6. The molecule has 0 atom stereocenters. The Labute approximate surface area is 327 Å². The molecule has 4 heterocycles. The number of nitrogens with one attached hydrogen (secondary N) is 2. The Morgan fingerprint density at radius 1 is 0.704 bits per heavy atom. The number of thioether (sulfide) groups is 2. The van der Waals surface area contributed by atoms with Gasteiger partial charge in [-0.15, -0.1) is 5.26 Å². The van der Waals surface area contributed by atoms with Crippen LogP contribution in [0.1, 0.15) is 70.2 Å². The third kappa shape index (κ3) is 7.88. The average molecular weight is 815 g/mol. The van der Waals surface area contributed by atoms with Crippen LogP contribution in [0, 0.1) is 11.5 Å². The Morgan fingerprint density at radius 2 is 1.13 bits per heavy atom. The monoisotopic (exact) mass is 814 g/mol. The van der Waals surface area contributed by atoms with Gasteiger partial charge in [-0.25, -0.2) is 31.5 Å². The third-order valence-electron chi connectivity index (χ3n) is 12.4. The van der Waals surface area contributed by atoms with Gasteiger partial charge < -0.3 is 10.1 Å². The van der Waals surface area contributed by atoms with Crippen LogP contribution in [0.4, 0.5) is 10.5 Å². The van der Waals surface area contributed by atoms with Crippen molar-refractivity contribution < 1.29 is 26.4 Å². The maximum Gasteiger partial charge on any atom is 0.332 e. The van der Waals surface area contributed by atoms with Crippen molar-refractivity contribution in [2.24, 2.45) is 5.14 Å². The summed E-state index contributed by atoms with van der Waals surface area (Å²) in [5, 5.41) is 15.8. The van der Waals surface area contributed by atoms with Gasteiger partial charge in [0, 0.05) is 67.0 Å². The van der Waals surface area contributed by atoms with Crippen LogP contribution in [-0.4, -0.2) is 104 Å². The van der Waals surface area contributed by atoms with Crippen LogP contribution in [0.25, 0.3) is 0 Å². The lowest BCUT2D eigenvalue weighted by atomic mass is 9.99. The standard InChI is InChI=1S/C19H25N3O3S2.C13H13NO.C6H12N2O2S2/c23-19(21-27(24,25)15-8-22(9-15)14-10-26-11-14)20-18-16-5-1-3-12(16)7-13-4-2-6-17(13)18;14-8-15-13-11-5-1-3-9(11)7-10-4-2-6-12(10)13;7-12(9,10)6-1-8(2-6)5-3-11-4-5/h7,14-15H,1-6,8-11H2,(H2,20,21,23);7H,1-6H2;5-6H,1-4H2,(H2,7,9,10). The highest BCUT2D eigenvalue weighted by atomic mass is 32.2. The average Bonchev–Trinajstić information content (AvgIpc) is 3.85. The van der Waals surface area contributed by atoms with E-state index in [1.807, 2.05) is 29.8 Å². The van der Waals surface area contributed by atoms with Crippen molar-refractivity contribution in [3.8, 4) is 12.0 Å². The molecule has 12 nitrogen and oxygen atoms in total. The lowest BCUT2D eigenvalue weighted by Gasteiger charge is -2.46. The maximum absolute atomic E-state index is 12.6. The van der Waals surface area contributed by atoms with Crippen LogP contribution in [-0.2, 0) is 71.4 Å². The highest BCUT2D eigenvalue weighted by Gasteiger charge is 2.43. The molecule has 292 valence electrons. The molecule has 0 saturated carbocycles. The SMILES string of the molecule is N#COc1c2c(cc3c1CCC3)CCC2.NS(=O)(=O)C1CN(C2CSC2)C1.O=C(Nc1c2c(cc3c1CCC3)CCC2)NS(=O)(=O)C1CN(C2CSC2)C1. The molecular formula is C38H50N6O6S4. The van der Waals surface area contributed by atoms with E-state index in [-0.39, 0.29) is 5.25 Å². The van der Waals surface area contributed by atoms with Crippen molar-refractivity contribution in [2.45, 2.75) is 99.6 Å². The summed E-state index contributed by atoms with van der Waals surface area (Å²) in [5.74, 6) is 5.38. The van der Waals surface area contributed by atoms with Gasteiger partial charge in [-0.05, 0) is 122 Å². The predicted molar refractivity (Wildman–Crippen MR) is 214 cm³/mol. The largest absolute Gasteiger partial charge is 0.387 e. The van der Waals surface area contributed by atoms with Gasteiger partial charge in [0.05, 0.1) is 0 Å². The molecule has 0 spiro atoms. The number of nitrogens with two attached hydrogens (primary N) is 1. The van der Waals surface area contributed by atoms with E-state index < -0.39 is 31.3 Å². The topological polar surface area (TPSA) is 175 Å². The number of ether oxygens (including phenoxy) is 1. The fourth-order valence-electron chi connectivity index (χ4n) is 9.06. The molecule has 2 aromatic carbocycles. The summed E-state index contributed by atoms with van der Waals surface area (Å²) in [7, 11) is -6.90. The molecule has 16 heteroatoms. The minimum atomic E-state index is -3.63. The van der Waals surface area contributed by atoms with Gasteiger partial charge in [0.1, 0.15) is 16.2 Å². The van der Waals surface area contributed by atoms with Crippen molar-refractivity contribution in [1.82, 2.24) is 14.5 Å². The van der Waals surface area contributed by atoms with Gasteiger partial charge in [-0.2, -0.15) is 23.5 Å². The highest BCUT2D eigenvalue weighted by Crippen LogP contribution is 2.41. The van der Waals surface area contributed by atoms with E-state index in [0.29, 0.717) is 38.3 Å². The molecule has 0 radical (unpaired) electrons. The number of anilines is 1. The van der Waals surface area contributed by atoms with Crippen molar-refractivity contribution in [1.29, 1.82) is 5.26 Å². The summed E-state index contributed by atoms with van der Waals surface area (Å²) < 4.78 is 54.2. The van der Waals surface area contributed by atoms with Crippen LogP contribution in [0.2, 0.25) is 0 Å². The third-order valence-corrected chi connectivity index (χ3v) is 17.8. The molecule has 4 fully saturated rings. The van der Waals surface area contributed by atoms with Crippen LogP contribution < -0.4 is 19.9 Å². The minimum Gasteiger partial charge on any atom is -0.387 e. The summed E-state index contributed by atoms with van der Waals surface area (Å²) in [6, 6.07) is 5.17. The van der Waals surface area contributed by atoms with Crippen LogP contribution in [0.15, 0.2) is 12.1 Å². The van der Waals surface area contributed by atoms with Gasteiger partial charge in [0.15, 0.2) is 0 Å². The second-order valence-corrected chi connectivity index (χ2v) is 21.8. The van der Waals surface area contributed by atoms with E-state index in [1.165, 1.54) is 57.3 Å². The molecule has 2 amide bonds. The van der Waals surface area contributed by atoms with Crippen molar-refractivity contribution in [2.75, 3.05) is 54.5 Å². The summed E-state index contributed by atoms with van der Waals surface area (Å²) in [5.41, 5.74) is 11.4. The second kappa shape index (κ2) is 15.8. The number of nitrogens with zero attached hydrogens (tertiary/aromatic N) is 3. The maximum atomic E-state index is 12.6. The quantitative estimate of drug-likeness (QED) is 0.349. The molecular weight excluding hydrogens is 765 g/mol. The summed E-state index contributed by atoms with van der Waals surface area (Å²) in [6.45, 7) is 2.35. The van der Waals surface area contributed by atoms with Gasteiger partial charge in [0.25, 0.3) is 6.26 Å². The Bertz CT molecular complexity index is 1990. The summed E-state index contributed by atoms with van der Waals surface area (Å²) in [6.07, 6.45) is 15.0. The molecule has 10 rings (SSSR count). The number of rotatable bonds is 7. The number of benzene rings is 2. The first-order valence-electron chi connectivity index (χ1n) is 19.3. The highest BCUT2D eigenvalue weighted by molar-refractivity contribution is 8.01. The molecule has 2 aromatic rings. The van der Waals surface area contributed by atoms with E-state index in [1.54, 1.807) is 0 Å². The Kier molecular flexibility index (Phi) is 11.2. The molecule has 4 N–H and O–H groups in total. The first-order valence-corrected chi connectivity index (χ1v) is 24.8. The molecule has 4 aliphatic carbocycles. The zero-order valence-corrected chi connectivity index (χ0v) is 33.9. The smallest absolute Gasteiger partial charge is 0.332 e. The number of fused-ring (bicyclic) bond motifs is 4. The van der Waals surface area contributed by atoms with Gasteiger partial charge in [-0.3, -0.25) is 9.80 Å². The number of primary sulfonamides is 1. The van der Waals surface area contributed by atoms with Crippen molar-refractivity contribution in [3.63, 3.8) is 0 Å². The Balaban J connectivity index is 0.000000128. The normalized spacial score (nSPS) is 22.3. The Hall–Kier alpha value is -2.52. The molecule has 0 unspecified atom stereocenters. The van der Waals surface area contributed by atoms with Gasteiger partial charge in [0.2, 0.25) is 20.0 Å². The number of carbonyl (C=O) groups is 1. The second-order valence-electron chi connectivity index (χ2n) is 15.8. The van der Waals surface area contributed by atoms with Gasteiger partial charge in [-0.1, -0.05) is 12.1 Å². The van der Waals surface area contributed by atoms with Crippen LogP contribution in [0.5, 0.6) is 5.75 Å². The number of urea groups is 1. The first-order chi connectivity index (χ1) is 26.0. The predicted octanol–water partition coefficient (Wildman–Crippen LogP) is 3.51. The van der Waals surface area contributed by atoms with Crippen molar-refractivity contribution in [3.05, 3.63) is 56.6 Å². The van der Waals surface area contributed by atoms with E-state index in [0.717, 1.165) is 98.7 Å². The number of hydrogen-bond acceptors (Lipinski definition) is 11. The number of amides is 2. The number of nitriles is 1. The van der Waals surface area contributed by atoms with E-state index in [9.17, 15) is 21.6 Å². The minimum absolute atomic E-state index is 0.303. The first kappa shape index (κ1) is 38.4. The fourth-order valence-corrected chi connectivity index (χ4v) is 12.8. The molecule has 4 saturated heterocycles. The number of carbonyl (C=O) groups excluding carboxylic acids is 1. The van der Waals surface area contributed by atoms with Crippen molar-refractivity contribution >= 4 is 55.3 Å². The number of hydrogen-bond donors (Lipinski definition) is 3. The number of sulfonamides is 2. The van der Waals surface area contributed by atoms with E-state index in [4.69, 9.17) is 15.1 Å². The fraction of sp³-hybridized carbons (Fsp3) is 0.632. The van der Waals surface area contributed by atoms with Crippen LogP contribution in [0.3, 0.4) is 0 Å². The number of likely N-dealkylation sites (tertiary alicyclic amines) is 2.